The van der Waals surface area contributed by atoms with E-state index in [-0.39, 0.29) is 5.92 Å². The summed E-state index contributed by atoms with van der Waals surface area (Å²) in [5.74, 6) is 0.422. The van der Waals surface area contributed by atoms with Gasteiger partial charge < -0.3 is 0 Å². The van der Waals surface area contributed by atoms with Crippen LogP contribution in [-0.4, -0.2) is 5.78 Å². The number of aryl methyl sites for hydroxylation is 2. The minimum Gasteiger partial charge on any atom is -0.299 e. The third-order valence-corrected chi connectivity index (χ3v) is 3.77. The number of carbonyl (C=O) groups is 1. The van der Waals surface area contributed by atoms with Crippen LogP contribution < -0.4 is 0 Å². The largest absolute Gasteiger partial charge is 0.299 e. The van der Waals surface area contributed by atoms with Gasteiger partial charge in [-0.1, -0.05) is 41.9 Å². The summed E-state index contributed by atoms with van der Waals surface area (Å²) in [5, 5.41) is 0. The summed E-state index contributed by atoms with van der Waals surface area (Å²) < 4.78 is 1.14. The molecule has 0 aliphatic heterocycles. The fraction of sp³-hybridized carbons (Fsp3) is 0.462. The van der Waals surface area contributed by atoms with Crippen LogP contribution in [0.2, 0.25) is 0 Å². The Morgan fingerprint density at radius 2 is 1.73 bits per heavy atom. The van der Waals surface area contributed by atoms with E-state index in [9.17, 15) is 4.79 Å². The van der Waals surface area contributed by atoms with Gasteiger partial charge in [0.05, 0.1) is 0 Å². The lowest BCUT2D eigenvalue weighted by Gasteiger charge is -2.08. The lowest BCUT2D eigenvalue weighted by Crippen LogP contribution is -2.10. The maximum Gasteiger partial charge on any atom is 0.139 e. The second kappa shape index (κ2) is 4.93. The topological polar surface area (TPSA) is 17.1 Å². The zero-order chi connectivity index (χ0) is 11.6. The zero-order valence-corrected chi connectivity index (χ0v) is 11.3. The quantitative estimate of drug-likeness (QED) is 0.815. The van der Waals surface area contributed by atoms with E-state index in [0.29, 0.717) is 12.2 Å². The third-order valence-electron chi connectivity index (χ3n) is 2.52. The van der Waals surface area contributed by atoms with E-state index in [2.05, 4.69) is 41.9 Å². The molecule has 0 atom stereocenters. The molecule has 15 heavy (non-hydrogen) atoms. The molecule has 1 nitrogen and oxygen atoms in total. The highest BCUT2D eigenvalue weighted by Gasteiger charge is 2.10. The molecule has 1 aromatic carbocycles. The van der Waals surface area contributed by atoms with E-state index in [1.165, 1.54) is 11.1 Å². The molecule has 1 aromatic rings. The van der Waals surface area contributed by atoms with Gasteiger partial charge in [0.15, 0.2) is 0 Å². The van der Waals surface area contributed by atoms with Gasteiger partial charge in [-0.05, 0) is 30.5 Å². The Hall–Kier alpha value is -0.630. The van der Waals surface area contributed by atoms with E-state index >= 15 is 0 Å². The van der Waals surface area contributed by atoms with Crippen LogP contribution in [0.5, 0.6) is 0 Å². The molecule has 1 rings (SSSR count). The Balaban J connectivity index is 2.93. The number of halogens is 1. The highest BCUT2D eigenvalue weighted by atomic mass is 79.9. The molecule has 2 heteroatoms. The highest BCUT2D eigenvalue weighted by molar-refractivity contribution is 9.10. The van der Waals surface area contributed by atoms with Gasteiger partial charge in [0.25, 0.3) is 0 Å². The molecule has 0 N–H and O–H groups in total. The van der Waals surface area contributed by atoms with Gasteiger partial charge in [0.1, 0.15) is 5.78 Å². The first-order chi connectivity index (χ1) is 6.91. The molecule has 0 aliphatic rings. The average Bonchev–Trinajstić information content (AvgIpc) is 2.13. The average molecular weight is 269 g/mol. The lowest BCUT2D eigenvalue weighted by molar-refractivity contribution is -0.121. The van der Waals surface area contributed by atoms with Crippen LogP contribution in [0.4, 0.5) is 0 Å². The van der Waals surface area contributed by atoms with Crippen molar-refractivity contribution in [1.82, 2.24) is 0 Å². The zero-order valence-electron chi connectivity index (χ0n) is 9.73. The molecule has 0 amide bonds. The molecule has 0 heterocycles. The van der Waals surface area contributed by atoms with Gasteiger partial charge in [-0.15, -0.1) is 0 Å². The minimum atomic E-state index is 0.120. The summed E-state index contributed by atoms with van der Waals surface area (Å²) >= 11 is 3.52. The molecule has 0 fully saturated rings. The van der Waals surface area contributed by atoms with Crippen LogP contribution in [0, 0.1) is 19.8 Å². The van der Waals surface area contributed by atoms with Gasteiger partial charge in [0.2, 0.25) is 0 Å². The van der Waals surface area contributed by atoms with Crippen LogP contribution in [0.3, 0.4) is 0 Å². The van der Waals surface area contributed by atoms with Crippen molar-refractivity contribution >= 4 is 21.7 Å². The molecule has 0 bridgehead atoms. The predicted octanol–water partition coefficient (Wildman–Crippen LogP) is 3.83. The Labute approximate surface area is 100 Å². The molecule has 0 aromatic heterocycles. The first-order valence-corrected chi connectivity index (χ1v) is 5.99. The van der Waals surface area contributed by atoms with Crippen molar-refractivity contribution in [3.05, 3.63) is 33.3 Å². The molecular formula is C13H17BrO. The van der Waals surface area contributed by atoms with Gasteiger partial charge in [-0.25, -0.2) is 0 Å². The number of Topliss-reactive ketones (excluding diaryl/α,β-unsaturated/α-hetero) is 1. The lowest BCUT2D eigenvalue weighted by atomic mass is 9.98. The SMILES string of the molecule is Cc1cc(CC(=O)C(C)C)cc(C)c1Br. The number of hydrogen-bond donors (Lipinski definition) is 0. The van der Waals surface area contributed by atoms with Gasteiger partial charge >= 0.3 is 0 Å². The van der Waals surface area contributed by atoms with Crippen molar-refractivity contribution in [1.29, 1.82) is 0 Å². The Morgan fingerprint density at radius 1 is 1.27 bits per heavy atom. The summed E-state index contributed by atoms with van der Waals surface area (Å²) in [6, 6.07) is 4.16. The van der Waals surface area contributed by atoms with E-state index in [0.717, 1.165) is 10.0 Å². The third kappa shape index (κ3) is 3.16. The molecule has 0 radical (unpaired) electrons. The van der Waals surface area contributed by atoms with Gasteiger partial charge in [-0.3, -0.25) is 4.79 Å². The number of hydrogen-bond acceptors (Lipinski definition) is 1. The Kier molecular flexibility index (Phi) is 4.09. The summed E-state index contributed by atoms with van der Waals surface area (Å²) in [5.41, 5.74) is 3.51. The first-order valence-electron chi connectivity index (χ1n) is 5.20. The number of benzene rings is 1. The van der Waals surface area contributed by atoms with Crippen molar-refractivity contribution in [2.24, 2.45) is 5.92 Å². The normalized spacial score (nSPS) is 10.8. The van der Waals surface area contributed by atoms with Crippen LogP contribution in [0.1, 0.15) is 30.5 Å². The fourth-order valence-corrected chi connectivity index (χ4v) is 1.77. The van der Waals surface area contributed by atoms with Crippen LogP contribution >= 0.6 is 15.9 Å². The van der Waals surface area contributed by atoms with Crippen LogP contribution in [-0.2, 0) is 11.2 Å². The van der Waals surface area contributed by atoms with E-state index in [4.69, 9.17) is 0 Å². The van der Waals surface area contributed by atoms with E-state index < -0.39 is 0 Å². The number of rotatable bonds is 3. The van der Waals surface area contributed by atoms with Crippen molar-refractivity contribution in [2.45, 2.75) is 34.1 Å². The van der Waals surface area contributed by atoms with Crippen molar-refractivity contribution in [3.8, 4) is 0 Å². The monoisotopic (exact) mass is 268 g/mol. The molecule has 0 unspecified atom stereocenters. The van der Waals surface area contributed by atoms with Crippen LogP contribution in [0.25, 0.3) is 0 Å². The smallest absolute Gasteiger partial charge is 0.139 e. The highest BCUT2D eigenvalue weighted by Crippen LogP contribution is 2.23. The Morgan fingerprint density at radius 3 is 2.13 bits per heavy atom. The summed E-state index contributed by atoms with van der Waals surface area (Å²) in [6.45, 7) is 8.00. The van der Waals surface area contributed by atoms with Crippen LogP contribution in [0.15, 0.2) is 16.6 Å². The van der Waals surface area contributed by atoms with Crippen molar-refractivity contribution in [3.63, 3.8) is 0 Å². The molecule has 0 aliphatic carbocycles. The van der Waals surface area contributed by atoms with E-state index in [1.54, 1.807) is 0 Å². The minimum absolute atomic E-state index is 0.120. The summed E-state index contributed by atoms with van der Waals surface area (Å²) in [6.07, 6.45) is 0.548. The van der Waals surface area contributed by atoms with Gasteiger partial charge in [-0.2, -0.15) is 0 Å². The van der Waals surface area contributed by atoms with E-state index in [1.807, 2.05) is 13.8 Å². The van der Waals surface area contributed by atoms with Gasteiger partial charge in [0, 0.05) is 16.8 Å². The Bertz CT molecular complexity index is 357. The maximum absolute atomic E-state index is 11.6. The fourth-order valence-electron chi connectivity index (χ4n) is 1.54. The van der Waals surface area contributed by atoms with Crippen molar-refractivity contribution in [2.75, 3.05) is 0 Å². The number of carbonyl (C=O) groups excluding carboxylic acids is 1. The molecule has 0 saturated heterocycles. The molecule has 82 valence electrons. The number of ketones is 1. The maximum atomic E-state index is 11.6. The summed E-state index contributed by atoms with van der Waals surface area (Å²) in [4.78, 5) is 11.6. The van der Waals surface area contributed by atoms with Crippen molar-refractivity contribution < 1.29 is 4.79 Å². The first kappa shape index (κ1) is 12.4. The molecule has 0 saturated carbocycles. The molecule has 0 spiro atoms. The second-order valence-electron chi connectivity index (χ2n) is 4.34. The standard InChI is InChI=1S/C13H17BrO/c1-8(2)12(15)7-11-5-9(3)13(14)10(4)6-11/h5-6,8H,7H2,1-4H3. The summed E-state index contributed by atoms with van der Waals surface area (Å²) in [7, 11) is 0. The molecular weight excluding hydrogens is 252 g/mol. The predicted molar refractivity (Wildman–Crippen MR) is 67.2 cm³/mol. The second-order valence-corrected chi connectivity index (χ2v) is 5.13.